The first-order valence-corrected chi connectivity index (χ1v) is 8.28. The van der Waals surface area contributed by atoms with E-state index in [-0.39, 0.29) is 29.1 Å². The van der Waals surface area contributed by atoms with Crippen molar-refractivity contribution in [2.24, 2.45) is 0 Å². The summed E-state index contributed by atoms with van der Waals surface area (Å²) in [4.78, 5) is 16.2. The van der Waals surface area contributed by atoms with E-state index in [1.54, 1.807) is 28.9 Å². The van der Waals surface area contributed by atoms with Crippen LogP contribution >= 0.6 is 11.6 Å². The molecule has 20 heavy (non-hydrogen) atoms. The lowest BCUT2D eigenvalue weighted by Crippen LogP contribution is -2.35. The summed E-state index contributed by atoms with van der Waals surface area (Å²) in [5, 5.41) is 3.24. The first-order valence-electron chi connectivity index (χ1n) is 6.08. The van der Waals surface area contributed by atoms with Crippen molar-refractivity contribution in [1.29, 1.82) is 0 Å². The maximum atomic E-state index is 12.1. The molecule has 2 aromatic heterocycles. The summed E-state index contributed by atoms with van der Waals surface area (Å²) in [7, 11) is -3.01. The lowest BCUT2D eigenvalue weighted by molar-refractivity contribution is 0.0936. The normalized spacial score (nSPS) is 21.1. The number of pyridine rings is 1. The topological polar surface area (TPSA) is 80.5 Å². The van der Waals surface area contributed by atoms with Gasteiger partial charge in [0.05, 0.1) is 16.5 Å². The van der Waals surface area contributed by atoms with Gasteiger partial charge in [0.2, 0.25) is 0 Å². The number of hydrogen-bond acceptors (Lipinski definition) is 4. The summed E-state index contributed by atoms with van der Waals surface area (Å²) in [6.45, 7) is 0. The van der Waals surface area contributed by atoms with Gasteiger partial charge in [-0.25, -0.2) is 13.4 Å². The molecule has 0 aromatic carbocycles. The van der Waals surface area contributed by atoms with Crippen molar-refractivity contribution >= 4 is 33.0 Å². The van der Waals surface area contributed by atoms with Gasteiger partial charge in [-0.1, -0.05) is 11.6 Å². The van der Waals surface area contributed by atoms with Gasteiger partial charge in [-0.15, -0.1) is 0 Å². The Morgan fingerprint density at radius 2 is 2.20 bits per heavy atom. The van der Waals surface area contributed by atoms with Gasteiger partial charge in [0, 0.05) is 18.4 Å². The minimum atomic E-state index is -3.01. The number of carbonyl (C=O) groups excluding carboxylic acids is 1. The van der Waals surface area contributed by atoms with Crippen molar-refractivity contribution in [3.8, 4) is 0 Å². The Bertz CT molecular complexity index is 784. The molecule has 1 N–H and O–H groups in total. The van der Waals surface area contributed by atoms with E-state index in [9.17, 15) is 13.2 Å². The molecule has 1 fully saturated rings. The first kappa shape index (κ1) is 13.4. The molecule has 0 spiro atoms. The van der Waals surface area contributed by atoms with Crippen LogP contribution in [0.4, 0.5) is 0 Å². The highest BCUT2D eigenvalue weighted by Gasteiger charge is 2.29. The largest absolute Gasteiger partial charge is 0.347 e. The van der Waals surface area contributed by atoms with Gasteiger partial charge >= 0.3 is 0 Å². The number of imidazole rings is 1. The maximum Gasteiger partial charge on any atom is 0.271 e. The maximum absolute atomic E-state index is 12.1. The van der Waals surface area contributed by atoms with E-state index in [2.05, 4.69) is 10.3 Å². The van der Waals surface area contributed by atoms with Crippen LogP contribution in [0.15, 0.2) is 24.5 Å². The third-order valence-electron chi connectivity index (χ3n) is 3.22. The number of amides is 1. The fourth-order valence-corrected chi connectivity index (χ4v) is 4.08. The van der Waals surface area contributed by atoms with Crippen LogP contribution in [-0.2, 0) is 9.84 Å². The standard InChI is InChI=1S/C12H12ClN3O3S/c13-8-1-2-11-15-10(6-16(11)5-8)12(17)14-9-3-4-20(18,19)7-9/h1-2,5-6,9H,3-4,7H2,(H,14,17). The summed E-state index contributed by atoms with van der Waals surface area (Å²) in [5.41, 5.74) is 0.857. The number of halogens is 1. The predicted octanol–water partition coefficient (Wildman–Crippen LogP) is 0.905. The Labute approximate surface area is 120 Å². The molecule has 1 saturated heterocycles. The fraction of sp³-hybridized carbons (Fsp3) is 0.333. The van der Waals surface area contributed by atoms with Crippen molar-refractivity contribution < 1.29 is 13.2 Å². The zero-order chi connectivity index (χ0) is 14.3. The van der Waals surface area contributed by atoms with Crippen LogP contribution in [0.5, 0.6) is 0 Å². The summed E-state index contributed by atoms with van der Waals surface area (Å²) in [6, 6.07) is 3.06. The highest BCUT2D eigenvalue weighted by Crippen LogP contribution is 2.14. The van der Waals surface area contributed by atoms with E-state index in [1.165, 1.54) is 0 Å². The Morgan fingerprint density at radius 3 is 2.90 bits per heavy atom. The van der Waals surface area contributed by atoms with Gasteiger partial charge in [0.25, 0.3) is 5.91 Å². The van der Waals surface area contributed by atoms with Crippen LogP contribution in [0.1, 0.15) is 16.9 Å². The van der Waals surface area contributed by atoms with Gasteiger partial charge < -0.3 is 9.72 Å². The number of fused-ring (bicyclic) bond motifs is 1. The number of sulfone groups is 1. The van der Waals surface area contributed by atoms with Crippen LogP contribution in [0, 0.1) is 0 Å². The molecule has 0 bridgehead atoms. The molecular formula is C12H12ClN3O3S. The molecule has 6 nitrogen and oxygen atoms in total. The summed E-state index contributed by atoms with van der Waals surface area (Å²) >= 11 is 5.86. The molecule has 106 valence electrons. The van der Waals surface area contributed by atoms with Crippen LogP contribution in [0.25, 0.3) is 5.65 Å². The lowest BCUT2D eigenvalue weighted by atomic mass is 10.2. The first-order chi connectivity index (χ1) is 9.43. The Kier molecular flexibility index (Phi) is 3.18. The second-order valence-electron chi connectivity index (χ2n) is 4.81. The van der Waals surface area contributed by atoms with E-state index in [0.29, 0.717) is 17.1 Å². The van der Waals surface area contributed by atoms with Crippen LogP contribution in [0.3, 0.4) is 0 Å². The lowest BCUT2D eigenvalue weighted by Gasteiger charge is -2.08. The molecule has 0 radical (unpaired) electrons. The quantitative estimate of drug-likeness (QED) is 0.893. The zero-order valence-electron chi connectivity index (χ0n) is 10.4. The average molecular weight is 314 g/mol. The number of aromatic nitrogens is 2. The van der Waals surface area contributed by atoms with E-state index in [0.717, 1.165) is 0 Å². The minimum Gasteiger partial charge on any atom is -0.347 e. The number of carbonyl (C=O) groups is 1. The van der Waals surface area contributed by atoms with Gasteiger partial charge in [0.1, 0.15) is 11.3 Å². The smallest absolute Gasteiger partial charge is 0.271 e. The summed E-state index contributed by atoms with van der Waals surface area (Å²) < 4.78 is 24.4. The van der Waals surface area contributed by atoms with Crippen molar-refractivity contribution in [1.82, 2.24) is 14.7 Å². The molecular weight excluding hydrogens is 302 g/mol. The number of hydrogen-bond donors (Lipinski definition) is 1. The molecule has 1 aliphatic heterocycles. The molecule has 3 heterocycles. The molecule has 1 aliphatic rings. The Morgan fingerprint density at radius 1 is 1.40 bits per heavy atom. The highest BCUT2D eigenvalue weighted by molar-refractivity contribution is 7.91. The molecule has 0 saturated carbocycles. The van der Waals surface area contributed by atoms with Crippen molar-refractivity contribution in [3.63, 3.8) is 0 Å². The fourth-order valence-electron chi connectivity index (χ4n) is 2.24. The van der Waals surface area contributed by atoms with Crippen molar-refractivity contribution in [2.75, 3.05) is 11.5 Å². The molecule has 3 rings (SSSR count). The summed E-state index contributed by atoms with van der Waals surface area (Å²) in [6.07, 6.45) is 3.67. The minimum absolute atomic E-state index is 0.00204. The second kappa shape index (κ2) is 4.75. The van der Waals surface area contributed by atoms with Gasteiger partial charge in [-0.05, 0) is 18.6 Å². The van der Waals surface area contributed by atoms with Crippen molar-refractivity contribution in [2.45, 2.75) is 12.5 Å². The van der Waals surface area contributed by atoms with Gasteiger partial charge in [-0.2, -0.15) is 0 Å². The Hall–Kier alpha value is -1.60. The van der Waals surface area contributed by atoms with E-state index >= 15 is 0 Å². The molecule has 1 unspecified atom stereocenters. The molecule has 1 amide bonds. The number of nitrogens with one attached hydrogen (secondary N) is 1. The monoisotopic (exact) mass is 313 g/mol. The van der Waals surface area contributed by atoms with Crippen LogP contribution in [0.2, 0.25) is 5.02 Å². The highest BCUT2D eigenvalue weighted by atomic mass is 35.5. The van der Waals surface area contributed by atoms with Gasteiger partial charge in [0.15, 0.2) is 9.84 Å². The number of rotatable bonds is 2. The third-order valence-corrected chi connectivity index (χ3v) is 5.21. The molecule has 0 aliphatic carbocycles. The van der Waals surface area contributed by atoms with E-state index in [4.69, 9.17) is 11.6 Å². The Balaban J connectivity index is 1.79. The van der Waals surface area contributed by atoms with Crippen molar-refractivity contribution in [3.05, 3.63) is 35.2 Å². The zero-order valence-corrected chi connectivity index (χ0v) is 12.0. The molecule has 1 atom stereocenters. The summed E-state index contributed by atoms with van der Waals surface area (Å²) in [5.74, 6) is -0.247. The molecule has 2 aromatic rings. The second-order valence-corrected chi connectivity index (χ2v) is 7.48. The SMILES string of the molecule is O=C(NC1CCS(=O)(=O)C1)c1cn2cc(Cl)ccc2n1. The van der Waals surface area contributed by atoms with Crippen LogP contribution in [-0.4, -0.2) is 41.3 Å². The van der Waals surface area contributed by atoms with Gasteiger partial charge in [-0.3, -0.25) is 4.79 Å². The molecule has 8 heteroatoms. The number of nitrogens with zero attached hydrogens (tertiary/aromatic N) is 2. The van der Waals surface area contributed by atoms with E-state index in [1.807, 2.05) is 0 Å². The average Bonchev–Trinajstić information content (AvgIpc) is 2.92. The van der Waals surface area contributed by atoms with E-state index < -0.39 is 9.84 Å². The third kappa shape index (κ3) is 2.64. The van der Waals surface area contributed by atoms with Crippen LogP contribution < -0.4 is 5.32 Å². The predicted molar refractivity (Wildman–Crippen MR) is 74.7 cm³/mol.